The lowest BCUT2D eigenvalue weighted by atomic mass is 10.2. The summed E-state index contributed by atoms with van der Waals surface area (Å²) in [5.74, 6) is -0.0212. The Labute approximate surface area is 110 Å². The number of imidazole rings is 1. The number of nitrogens with zero attached hydrogens (tertiary/aromatic N) is 2. The Balaban J connectivity index is 1.96. The van der Waals surface area contributed by atoms with Gasteiger partial charge in [0, 0.05) is 11.9 Å². The summed E-state index contributed by atoms with van der Waals surface area (Å²) < 4.78 is 1.55. The van der Waals surface area contributed by atoms with E-state index in [1.165, 1.54) is 6.33 Å². The Hall–Kier alpha value is -2.56. The van der Waals surface area contributed by atoms with Crippen molar-refractivity contribution in [3.8, 4) is 0 Å². The first-order valence-corrected chi connectivity index (χ1v) is 6.04. The highest BCUT2D eigenvalue weighted by molar-refractivity contribution is 5.95. The zero-order chi connectivity index (χ0) is 13.4. The first kappa shape index (κ1) is 11.5. The molecule has 5 heteroatoms. The molecule has 0 saturated carbocycles. The van der Waals surface area contributed by atoms with E-state index < -0.39 is 0 Å². The molecule has 0 fully saturated rings. The Morgan fingerprint density at radius 3 is 3.05 bits per heavy atom. The summed E-state index contributed by atoms with van der Waals surface area (Å²) in [6, 6.07) is 7.41. The number of aromatic nitrogens is 3. The van der Waals surface area contributed by atoms with E-state index in [1.807, 2.05) is 31.3 Å². The molecule has 0 saturated heterocycles. The van der Waals surface area contributed by atoms with Crippen molar-refractivity contribution in [3.05, 3.63) is 48.0 Å². The fraction of sp³-hybridized carbons (Fsp3) is 0.143. The number of rotatable bonds is 2. The SMILES string of the molecule is Cc1cc(CC(=O)n2cnc3c(N)cccc32)c[nH]1. The number of anilines is 1. The lowest BCUT2D eigenvalue weighted by molar-refractivity contribution is 0.0919. The normalized spacial score (nSPS) is 11.0. The number of aryl methyl sites for hydroxylation is 1. The van der Waals surface area contributed by atoms with E-state index >= 15 is 0 Å². The number of nitrogen functional groups attached to an aromatic ring is 1. The van der Waals surface area contributed by atoms with E-state index in [-0.39, 0.29) is 5.91 Å². The van der Waals surface area contributed by atoms with Gasteiger partial charge in [-0.3, -0.25) is 9.36 Å². The number of fused-ring (bicyclic) bond motifs is 1. The van der Waals surface area contributed by atoms with Crippen LogP contribution in [0.25, 0.3) is 11.0 Å². The highest BCUT2D eigenvalue weighted by Gasteiger charge is 2.12. The fourth-order valence-corrected chi connectivity index (χ4v) is 2.19. The maximum atomic E-state index is 12.3. The number of nitrogens with two attached hydrogens (primary N) is 1. The molecule has 2 aromatic heterocycles. The third kappa shape index (κ3) is 1.99. The molecule has 0 amide bonds. The summed E-state index contributed by atoms with van der Waals surface area (Å²) in [4.78, 5) is 19.5. The second kappa shape index (κ2) is 4.28. The fourth-order valence-electron chi connectivity index (χ4n) is 2.19. The predicted octanol–water partition coefficient (Wildman–Crippen LogP) is 2.14. The van der Waals surface area contributed by atoms with Crippen molar-refractivity contribution in [1.82, 2.24) is 14.5 Å². The summed E-state index contributed by atoms with van der Waals surface area (Å²) in [6.07, 6.45) is 3.72. The van der Waals surface area contributed by atoms with Crippen molar-refractivity contribution in [1.29, 1.82) is 0 Å². The molecule has 5 nitrogen and oxygen atoms in total. The van der Waals surface area contributed by atoms with Crippen molar-refractivity contribution in [3.63, 3.8) is 0 Å². The van der Waals surface area contributed by atoms with Gasteiger partial charge in [-0.1, -0.05) is 6.07 Å². The standard InChI is InChI=1S/C14H14N4O/c1-9-5-10(7-16-9)6-13(19)18-8-17-14-11(15)3-2-4-12(14)18/h2-5,7-8,16H,6,15H2,1H3. The van der Waals surface area contributed by atoms with E-state index in [0.717, 1.165) is 16.8 Å². The van der Waals surface area contributed by atoms with Crippen LogP contribution in [0.1, 0.15) is 16.1 Å². The number of benzene rings is 1. The van der Waals surface area contributed by atoms with Gasteiger partial charge in [0.15, 0.2) is 0 Å². The summed E-state index contributed by atoms with van der Waals surface area (Å²) in [7, 11) is 0. The molecule has 0 unspecified atom stereocenters. The average molecular weight is 254 g/mol. The molecule has 0 spiro atoms. The van der Waals surface area contributed by atoms with E-state index in [2.05, 4.69) is 9.97 Å². The number of aromatic amines is 1. The Kier molecular flexibility index (Phi) is 2.59. The molecule has 1 aromatic carbocycles. The molecule has 19 heavy (non-hydrogen) atoms. The summed E-state index contributed by atoms with van der Waals surface area (Å²) in [6.45, 7) is 1.96. The molecular formula is C14H14N4O. The molecule has 0 bridgehead atoms. The van der Waals surface area contributed by atoms with Crippen LogP contribution in [0.3, 0.4) is 0 Å². The van der Waals surface area contributed by atoms with E-state index in [1.54, 1.807) is 10.6 Å². The lowest BCUT2D eigenvalue weighted by Gasteiger charge is -2.02. The van der Waals surface area contributed by atoms with Crippen LogP contribution < -0.4 is 5.73 Å². The van der Waals surface area contributed by atoms with Gasteiger partial charge in [0.2, 0.25) is 5.91 Å². The van der Waals surface area contributed by atoms with Gasteiger partial charge in [-0.25, -0.2) is 4.98 Å². The highest BCUT2D eigenvalue weighted by atomic mass is 16.2. The highest BCUT2D eigenvalue weighted by Crippen LogP contribution is 2.19. The van der Waals surface area contributed by atoms with Gasteiger partial charge in [-0.15, -0.1) is 0 Å². The largest absolute Gasteiger partial charge is 0.397 e. The van der Waals surface area contributed by atoms with Gasteiger partial charge in [0.25, 0.3) is 0 Å². The monoisotopic (exact) mass is 254 g/mol. The van der Waals surface area contributed by atoms with E-state index in [4.69, 9.17) is 5.73 Å². The number of H-pyrrole nitrogens is 1. The molecule has 0 aliphatic heterocycles. The van der Waals surface area contributed by atoms with Crippen LogP contribution in [0.4, 0.5) is 5.69 Å². The minimum absolute atomic E-state index is 0.0212. The van der Waals surface area contributed by atoms with Crippen LogP contribution in [-0.2, 0) is 6.42 Å². The number of hydrogen-bond acceptors (Lipinski definition) is 3. The number of carbonyl (C=O) groups is 1. The van der Waals surface area contributed by atoms with Gasteiger partial charge in [-0.05, 0) is 30.7 Å². The van der Waals surface area contributed by atoms with Crippen molar-refractivity contribution in [2.75, 3.05) is 5.73 Å². The Morgan fingerprint density at radius 1 is 1.47 bits per heavy atom. The first-order chi connectivity index (χ1) is 9.15. The van der Waals surface area contributed by atoms with Gasteiger partial charge in [-0.2, -0.15) is 0 Å². The van der Waals surface area contributed by atoms with Crippen LogP contribution in [0.5, 0.6) is 0 Å². The van der Waals surface area contributed by atoms with Crippen molar-refractivity contribution in [2.24, 2.45) is 0 Å². The molecule has 3 aromatic rings. The Bertz CT molecular complexity index is 754. The molecule has 3 N–H and O–H groups in total. The van der Waals surface area contributed by atoms with Crippen LogP contribution in [0.2, 0.25) is 0 Å². The van der Waals surface area contributed by atoms with Gasteiger partial charge in [0.05, 0.1) is 17.6 Å². The van der Waals surface area contributed by atoms with Crippen molar-refractivity contribution < 1.29 is 4.79 Å². The molecule has 0 atom stereocenters. The smallest absolute Gasteiger partial charge is 0.236 e. The second-order valence-electron chi connectivity index (χ2n) is 4.59. The van der Waals surface area contributed by atoms with E-state index in [9.17, 15) is 4.79 Å². The minimum atomic E-state index is -0.0212. The number of hydrogen-bond donors (Lipinski definition) is 2. The molecule has 3 rings (SSSR count). The van der Waals surface area contributed by atoms with Gasteiger partial charge in [0.1, 0.15) is 11.8 Å². The van der Waals surface area contributed by atoms with Gasteiger partial charge < -0.3 is 10.7 Å². The molecule has 0 aliphatic rings. The van der Waals surface area contributed by atoms with Gasteiger partial charge >= 0.3 is 0 Å². The molecule has 96 valence electrons. The third-order valence-corrected chi connectivity index (χ3v) is 3.12. The number of carbonyl (C=O) groups excluding carboxylic acids is 1. The molecule has 2 heterocycles. The molecule has 0 radical (unpaired) electrons. The summed E-state index contributed by atoms with van der Waals surface area (Å²) >= 11 is 0. The maximum absolute atomic E-state index is 12.3. The molecule has 0 aliphatic carbocycles. The van der Waals surface area contributed by atoms with E-state index in [0.29, 0.717) is 17.6 Å². The lowest BCUT2D eigenvalue weighted by Crippen LogP contribution is -2.11. The second-order valence-corrected chi connectivity index (χ2v) is 4.59. The zero-order valence-electron chi connectivity index (χ0n) is 10.6. The third-order valence-electron chi connectivity index (χ3n) is 3.12. The van der Waals surface area contributed by atoms with Crippen LogP contribution >= 0.6 is 0 Å². The molecular weight excluding hydrogens is 240 g/mol. The minimum Gasteiger partial charge on any atom is -0.397 e. The quantitative estimate of drug-likeness (QED) is 0.688. The van der Waals surface area contributed by atoms with Crippen molar-refractivity contribution >= 4 is 22.6 Å². The predicted molar refractivity (Wildman–Crippen MR) is 74.0 cm³/mol. The number of nitrogens with one attached hydrogen (secondary N) is 1. The zero-order valence-corrected chi connectivity index (χ0v) is 10.6. The van der Waals surface area contributed by atoms with Crippen LogP contribution in [-0.4, -0.2) is 20.4 Å². The summed E-state index contributed by atoms with van der Waals surface area (Å²) in [5.41, 5.74) is 9.84. The topological polar surface area (TPSA) is 76.7 Å². The number of para-hydroxylation sites is 1. The van der Waals surface area contributed by atoms with Crippen molar-refractivity contribution in [2.45, 2.75) is 13.3 Å². The summed E-state index contributed by atoms with van der Waals surface area (Å²) in [5, 5.41) is 0. The average Bonchev–Trinajstić information content (AvgIpc) is 2.96. The van der Waals surface area contributed by atoms with Crippen LogP contribution in [0.15, 0.2) is 36.8 Å². The maximum Gasteiger partial charge on any atom is 0.236 e. The first-order valence-electron chi connectivity index (χ1n) is 6.04. The Morgan fingerprint density at radius 2 is 2.32 bits per heavy atom. The van der Waals surface area contributed by atoms with Crippen LogP contribution in [0, 0.1) is 6.92 Å².